The molecule has 8 nitrogen and oxygen atoms in total. The Morgan fingerprint density at radius 2 is 2.26 bits per heavy atom. The fourth-order valence-electron chi connectivity index (χ4n) is 2.95. The van der Waals surface area contributed by atoms with Crippen molar-refractivity contribution in [1.29, 1.82) is 0 Å². The van der Waals surface area contributed by atoms with Crippen LogP contribution in [-0.4, -0.2) is 50.5 Å². The second-order valence-corrected chi connectivity index (χ2v) is 6.22. The number of nitrogens with one attached hydrogen (secondary N) is 1. The highest BCUT2D eigenvalue weighted by molar-refractivity contribution is 5.81. The number of nitrogens with zero attached hydrogens (tertiary/aromatic N) is 5. The Hall–Kier alpha value is -2.35. The maximum Gasteiger partial charge on any atom is 0.244 e. The molecule has 0 radical (unpaired) electrons. The molecule has 2 aliphatic rings. The van der Waals surface area contributed by atoms with Crippen LogP contribution in [0.25, 0.3) is 11.5 Å². The van der Waals surface area contributed by atoms with Crippen molar-refractivity contribution in [3.8, 4) is 11.5 Å². The van der Waals surface area contributed by atoms with Crippen molar-refractivity contribution < 1.29 is 9.32 Å². The zero-order valence-corrected chi connectivity index (χ0v) is 12.8. The lowest BCUT2D eigenvalue weighted by atomic mass is 10.1. The van der Waals surface area contributed by atoms with Crippen molar-refractivity contribution in [3.05, 3.63) is 24.5 Å². The SMILES string of the molecule is CN1C[C@@H](NC(=O)C2CC2)C[C@H]1c1nc(-c2cnccn2)no1. The van der Waals surface area contributed by atoms with Crippen LogP contribution in [0.5, 0.6) is 0 Å². The molecule has 2 aromatic heterocycles. The molecule has 4 rings (SSSR count). The minimum Gasteiger partial charge on any atom is -0.352 e. The molecule has 1 saturated carbocycles. The van der Waals surface area contributed by atoms with Gasteiger partial charge < -0.3 is 9.84 Å². The largest absolute Gasteiger partial charge is 0.352 e. The number of carbonyl (C=O) groups excluding carboxylic acids is 1. The number of carbonyl (C=O) groups is 1. The highest BCUT2D eigenvalue weighted by Gasteiger charge is 2.37. The van der Waals surface area contributed by atoms with Crippen LogP contribution in [-0.2, 0) is 4.79 Å². The van der Waals surface area contributed by atoms with E-state index in [1.807, 2.05) is 7.05 Å². The Morgan fingerprint density at radius 1 is 1.39 bits per heavy atom. The molecule has 0 spiro atoms. The van der Waals surface area contributed by atoms with Gasteiger partial charge in [-0.05, 0) is 26.3 Å². The molecule has 0 bridgehead atoms. The number of hydrogen-bond donors (Lipinski definition) is 1. The zero-order valence-electron chi connectivity index (χ0n) is 12.8. The van der Waals surface area contributed by atoms with Gasteiger partial charge in [0, 0.05) is 30.9 Å². The van der Waals surface area contributed by atoms with Crippen LogP contribution in [0.1, 0.15) is 31.2 Å². The maximum absolute atomic E-state index is 11.9. The van der Waals surface area contributed by atoms with Crippen LogP contribution in [0.4, 0.5) is 0 Å². The van der Waals surface area contributed by atoms with Crippen LogP contribution in [0.15, 0.2) is 23.1 Å². The highest BCUT2D eigenvalue weighted by Crippen LogP contribution is 2.33. The van der Waals surface area contributed by atoms with Gasteiger partial charge in [-0.1, -0.05) is 5.16 Å². The Kier molecular flexibility index (Phi) is 3.53. The van der Waals surface area contributed by atoms with E-state index in [9.17, 15) is 4.79 Å². The molecule has 2 aromatic rings. The number of likely N-dealkylation sites (tertiary alicyclic amines) is 1. The average molecular weight is 314 g/mol. The molecule has 2 atom stereocenters. The van der Waals surface area contributed by atoms with Crippen LogP contribution < -0.4 is 5.32 Å². The summed E-state index contributed by atoms with van der Waals surface area (Å²) in [6.45, 7) is 0.784. The van der Waals surface area contributed by atoms with Crippen molar-refractivity contribution in [3.63, 3.8) is 0 Å². The predicted molar refractivity (Wildman–Crippen MR) is 80.0 cm³/mol. The van der Waals surface area contributed by atoms with E-state index in [1.165, 1.54) is 0 Å². The number of amides is 1. The normalized spacial score (nSPS) is 24.7. The van der Waals surface area contributed by atoms with E-state index in [0.717, 1.165) is 25.8 Å². The summed E-state index contributed by atoms with van der Waals surface area (Å²) in [5, 5.41) is 7.10. The molecule has 1 amide bonds. The summed E-state index contributed by atoms with van der Waals surface area (Å²) >= 11 is 0. The van der Waals surface area contributed by atoms with Crippen molar-refractivity contribution in [2.75, 3.05) is 13.6 Å². The molecular formula is C15H18N6O2. The van der Waals surface area contributed by atoms with Gasteiger partial charge >= 0.3 is 0 Å². The second kappa shape index (κ2) is 5.69. The molecule has 8 heteroatoms. The smallest absolute Gasteiger partial charge is 0.244 e. The third-order valence-electron chi connectivity index (χ3n) is 4.36. The van der Waals surface area contributed by atoms with Gasteiger partial charge in [0.05, 0.1) is 12.2 Å². The lowest BCUT2D eigenvalue weighted by Gasteiger charge is -2.14. The predicted octanol–water partition coefficient (Wildman–Crippen LogP) is 0.798. The van der Waals surface area contributed by atoms with E-state index < -0.39 is 0 Å². The summed E-state index contributed by atoms with van der Waals surface area (Å²) in [4.78, 5) is 26.7. The first-order chi connectivity index (χ1) is 11.2. The van der Waals surface area contributed by atoms with E-state index >= 15 is 0 Å². The maximum atomic E-state index is 11.9. The molecular weight excluding hydrogens is 296 g/mol. The van der Waals surface area contributed by atoms with E-state index in [-0.39, 0.29) is 23.9 Å². The summed E-state index contributed by atoms with van der Waals surface area (Å²) in [5.41, 5.74) is 0.585. The van der Waals surface area contributed by atoms with Gasteiger partial charge in [-0.2, -0.15) is 4.98 Å². The monoisotopic (exact) mass is 314 g/mol. The van der Waals surface area contributed by atoms with Gasteiger partial charge in [-0.3, -0.25) is 14.7 Å². The standard InChI is InChI=1S/C15H18N6O2/c1-21-8-10(18-14(22)9-2-3-9)6-12(21)15-19-13(20-23-15)11-7-16-4-5-17-11/h4-5,7,9-10,12H,2-3,6,8H2,1H3,(H,18,22)/t10-,12-/m0/s1. The molecule has 1 saturated heterocycles. The molecule has 23 heavy (non-hydrogen) atoms. The van der Waals surface area contributed by atoms with Crippen LogP contribution in [0.2, 0.25) is 0 Å². The fraction of sp³-hybridized carbons (Fsp3) is 0.533. The lowest BCUT2D eigenvalue weighted by Crippen LogP contribution is -2.37. The van der Waals surface area contributed by atoms with Crippen molar-refractivity contribution in [2.45, 2.75) is 31.3 Å². The Bertz CT molecular complexity index is 699. The van der Waals surface area contributed by atoms with Gasteiger partial charge in [-0.25, -0.2) is 4.98 Å². The third-order valence-corrected chi connectivity index (χ3v) is 4.36. The van der Waals surface area contributed by atoms with Gasteiger partial charge in [0.1, 0.15) is 5.69 Å². The van der Waals surface area contributed by atoms with Crippen molar-refractivity contribution in [2.24, 2.45) is 5.92 Å². The fourth-order valence-corrected chi connectivity index (χ4v) is 2.95. The number of aromatic nitrogens is 4. The quantitative estimate of drug-likeness (QED) is 0.891. The Morgan fingerprint density at radius 3 is 3.00 bits per heavy atom. The Balaban J connectivity index is 1.45. The minimum atomic E-state index is 0.0115. The third kappa shape index (κ3) is 2.94. The van der Waals surface area contributed by atoms with Gasteiger partial charge in [0.15, 0.2) is 0 Å². The Labute approximate surface area is 133 Å². The average Bonchev–Trinajstić information content (AvgIpc) is 3.20. The molecule has 3 heterocycles. The van der Waals surface area contributed by atoms with Crippen LogP contribution in [0, 0.1) is 5.92 Å². The first kappa shape index (κ1) is 14.3. The summed E-state index contributed by atoms with van der Waals surface area (Å²) in [6, 6.07) is 0.141. The summed E-state index contributed by atoms with van der Waals surface area (Å²) in [7, 11) is 2.00. The van der Waals surface area contributed by atoms with Crippen LogP contribution in [0.3, 0.4) is 0 Å². The van der Waals surface area contributed by atoms with E-state index in [0.29, 0.717) is 17.4 Å². The minimum absolute atomic E-state index is 0.0115. The lowest BCUT2D eigenvalue weighted by molar-refractivity contribution is -0.122. The second-order valence-electron chi connectivity index (χ2n) is 6.22. The van der Waals surface area contributed by atoms with Crippen LogP contribution >= 0.6 is 0 Å². The van der Waals surface area contributed by atoms with E-state index in [4.69, 9.17) is 4.52 Å². The molecule has 1 N–H and O–H groups in total. The molecule has 0 aromatic carbocycles. The number of likely N-dealkylation sites (N-methyl/N-ethyl adjacent to an activating group) is 1. The van der Waals surface area contributed by atoms with Gasteiger partial charge in [0.2, 0.25) is 17.6 Å². The highest BCUT2D eigenvalue weighted by atomic mass is 16.5. The number of rotatable bonds is 4. The topological polar surface area (TPSA) is 97.0 Å². The molecule has 1 aliphatic carbocycles. The molecule has 2 fully saturated rings. The molecule has 1 aliphatic heterocycles. The summed E-state index contributed by atoms with van der Waals surface area (Å²) in [6.07, 6.45) is 7.60. The first-order valence-electron chi connectivity index (χ1n) is 7.81. The summed E-state index contributed by atoms with van der Waals surface area (Å²) < 4.78 is 5.40. The van der Waals surface area contributed by atoms with E-state index in [1.54, 1.807) is 18.6 Å². The molecule has 120 valence electrons. The first-order valence-corrected chi connectivity index (χ1v) is 7.81. The zero-order chi connectivity index (χ0) is 15.8. The van der Waals surface area contributed by atoms with Gasteiger partial charge in [-0.15, -0.1) is 0 Å². The van der Waals surface area contributed by atoms with Crippen molar-refractivity contribution in [1.82, 2.24) is 30.3 Å². The van der Waals surface area contributed by atoms with E-state index in [2.05, 4.69) is 30.3 Å². The molecule has 0 unspecified atom stereocenters. The van der Waals surface area contributed by atoms with Gasteiger partial charge in [0.25, 0.3) is 0 Å². The van der Waals surface area contributed by atoms with Crippen molar-refractivity contribution >= 4 is 5.91 Å². The number of hydrogen-bond acceptors (Lipinski definition) is 7. The summed E-state index contributed by atoms with van der Waals surface area (Å²) in [5.74, 6) is 1.39.